The van der Waals surface area contributed by atoms with Gasteiger partial charge in [0.05, 0.1) is 6.61 Å². The Labute approximate surface area is 92.6 Å². The molecular formula is C9H15N3O2S. The number of anilines is 2. The first-order valence-electron chi connectivity index (χ1n) is 4.86. The summed E-state index contributed by atoms with van der Waals surface area (Å²) in [6.45, 7) is 5.04. The van der Waals surface area contributed by atoms with Crippen LogP contribution >= 0.6 is 11.3 Å². The van der Waals surface area contributed by atoms with E-state index in [0.29, 0.717) is 16.6 Å². The molecule has 0 fully saturated rings. The number of hydrogen-bond donors (Lipinski definition) is 2. The summed E-state index contributed by atoms with van der Waals surface area (Å²) in [5, 5.41) is 3.65. The molecule has 1 rings (SSSR count). The number of hydrogen-bond acceptors (Lipinski definition) is 6. The van der Waals surface area contributed by atoms with Crippen molar-refractivity contribution in [2.45, 2.75) is 20.3 Å². The molecule has 1 aromatic heterocycles. The van der Waals surface area contributed by atoms with Gasteiger partial charge < -0.3 is 15.8 Å². The zero-order chi connectivity index (χ0) is 11.3. The highest BCUT2D eigenvalue weighted by atomic mass is 32.1. The van der Waals surface area contributed by atoms with Gasteiger partial charge >= 0.3 is 5.97 Å². The normalized spacial score (nSPS) is 10.0. The first-order chi connectivity index (χ1) is 7.19. The molecule has 0 saturated carbocycles. The third kappa shape index (κ3) is 3.09. The molecule has 0 aromatic carbocycles. The Hall–Kier alpha value is -1.30. The Kier molecular flexibility index (Phi) is 4.36. The number of esters is 1. The van der Waals surface area contributed by atoms with E-state index in [1.807, 2.05) is 13.8 Å². The third-order valence-corrected chi connectivity index (χ3v) is 2.61. The number of ether oxygens (including phenoxy) is 1. The van der Waals surface area contributed by atoms with Crippen molar-refractivity contribution in [2.75, 3.05) is 24.2 Å². The Morgan fingerprint density at radius 2 is 2.33 bits per heavy atom. The first kappa shape index (κ1) is 11.8. The van der Waals surface area contributed by atoms with Gasteiger partial charge in [-0.15, -0.1) is 0 Å². The second kappa shape index (κ2) is 5.55. The fourth-order valence-corrected chi connectivity index (χ4v) is 1.81. The summed E-state index contributed by atoms with van der Waals surface area (Å²) in [6, 6.07) is 0. The van der Waals surface area contributed by atoms with Gasteiger partial charge in [0.1, 0.15) is 0 Å². The van der Waals surface area contributed by atoms with Gasteiger partial charge in [-0.05, 0) is 13.3 Å². The highest BCUT2D eigenvalue weighted by molar-refractivity contribution is 7.17. The van der Waals surface area contributed by atoms with Crippen molar-refractivity contribution in [2.24, 2.45) is 0 Å². The molecule has 0 bridgehead atoms. The molecule has 84 valence electrons. The predicted molar refractivity (Wildman–Crippen MR) is 61.3 cm³/mol. The SMILES string of the molecule is CCCOC(=O)c1sc(NCC)nc1N. The number of carbonyl (C=O) groups is 1. The predicted octanol–water partition coefficient (Wildman–Crippen LogP) is 1.72. The lowest BCUT2D eigenvalue weighted by Gasteiger charge is -1.99. The number of nitrogens with zero attached hydrogens (tertiary/aromatic N) is 1. The van der Waals surface area contributed by atoms with Crippen LogP contribution in [-0.4, -0.2) is 24.1 Å². The highest BCUT2D eigenvalue weighted by Gasteiger charge is 2.16. The van der Waals surface area contributed by atoms with E-state index < -0.39 is 5.97 Å². The van der Waals surface area contributed by atoms with Crippen molar-refractivity contribution < 1.29 is 9.53 Å². The van der Waals surface area contributed by atoms with Crippen LogP contribution in [-0.2, 0) is 4.74 Å². The molecule has 0 amide bonds. The maximum Gasteiger partial charge on any atom is 0.352 e. The number of aromatic nitrogens is 1. The van der Waals surface area contributed by atoms with Crippen LogP contribution in [0.5, 0.6) is 0 Å². The van der Waals surface area contributed by atoms with E-state index in [4.69, 9.17) is 10.5 Å². The van der Waals surface area contributed by atoms with Crippen molar-refractivity contribution in [1.29, 1.82) is 0 Å². The minimum Gasteiger partial charge on any atom is -0.461 e. The van der Waals surface area contributed by atoms with Crippen LogP contribution in [0.4, 0.5) is 10.9 Å². The lowest BCUT2D eigenvalue weighted by atomic mass is 10.5. The monoisotopic (exact) mass is 229 g/mol. The van der Waals surface area contributed by atoms with E-state index >= 15 is 0 Å². The second-order valence-corrected chi connectivity index (χ2v) is 3.90. The van der Waals surface area contributed by atoms with E-state index in [2.05, 4.69) is 10.3 Å². The summed E-state index contributed by atoms with van der Waals surface area (Å²) in [4.78, 5) is 15.9. The average molecular weight is 229 g/mol. The molecule has 5 nitrogen and oxygen atoms in total. The number of rotatable bonds is 5. The summed E-state index contributed by atoms with van der Waals surface area (Å²) in [6.07, 6.45) is 0.796. The van der Waals surface area contributed by atoms with Crippen molar-refractivity contribution in [1.82, 2.24) is 4.98 Å². The highest BCUT2D eigenvalue weighted by Crippen LogP contribution is 2.25. The first-order valence-corrected chi connectivity index (χ1v) is 5.68. The molecule has 6 heteroatoms. The third-order valence-electron chi connectivity index (χ3n) is 1.60. The minimum atomic E-state index is -0.393. The van der Waals surface area contributed by atoms with Gasteiger partial charge in [-0.1, -0.05) is 18.3 Å². The Morgan fingerprint density at radius 3 is 2.93 bits per heavy atom. The van der Waals surface area contributed by atoms with Gasteiger partial charge in [-0.25, -0.2) is 9.78 Å². The average Bonchev–Trinajstić information content (AvgIpc) is 2.57. The number of thiazole rings is 1. The van der Waals surface area contributed by atoms with Crippen LogP contribution in [0.3, 0.4) is 0 Å². The van der Waals surface area contributed by atoms with Gasteiger partial charge in [0.15, 0.2) is 15.8 Å². The van der Waals surface area contributed by atoms with Gasteiger partial charge in [0, 0.05) is 6.54 Å². The van der Waals surface area contributed by atoms with E-state index in [-0.39, 0.29) is 5.82 Å². The molecule has 0 aliphatic carbocycles. The van der Waals surface area contributed by atoms with Crippen LogP contribution in [0.2, 0.25) is 0 Å². The molecule has 0 aliphatic rings. The summed E-state index contributed by atoms with van der Waals surface area (Å²) in [5.74, 6) is -0.159. The van der Waals surface area contributed by atoms with Gasteiger partial charge in [-0.2, -0.15) is 0 Å². The molecule has 1 heterocycles. The molecular weight excluding hydrogens is 214 g/mol. The van der Waals surface area contributed by atoms with Crippen LogP contribution in [0, 0.1) is 0 Å². The van der Waals surface area contributed by atoms with Crippen LogP contribution in [0.15, 0.2) is 0 Å². The van der Waals surface area contributed by atoms with Crippen molar-refractivity contribution in [3.63, 3.8) is 0 Å². The standard InChI is InChI=1S/C9H15N3O2S/c1-3-5-14-8(13)6-7(10)12-9(15-6)11-4-2/h3-5,10H2,1-2H3,(H,11,12). The molecule has 0 aliphatic heterocycles. The Morgan fingerprint density at radius 1 is 1.60 bits per heavy atom. The second-order valence-electron chi connectivity index (χ2n) is 2.90. The van der Waals surface area contributed by atoms with Gasteiger partial charge in [0.25, 0.3) is 0 Å². The lowest BCUT2D eigenvalue weighted by molar-refractivity contribution is 0.0512. The number of carbonyl (C=O) groups excluding carboxylic acids is 1. The van der Waals surface area contributed by atoms with Crippen molar-refractivity contribution in [3.8, 4) is 0 Å². The maximum absolute atomic E-state index is 11.5. The topological polar surface area (TPSA) is 77.2 Å². The van der Waals surface area contributed by atoms with Crippen molar-refractivity contribution >= 4 is 28.3 Å². The molecule has 0 saturated heterocycles. The summed E-state index contributed by atoms with van der Waals surface area (Å²) < 4.78 is 4.97. The lowest BCUT2D eigenvalue weighted by Crippen LogP contribution is -2.06. The largest absolute Gasteiger partial charge is 0.461 e. The zero-order valence-corrected chi connectivity index (χ0v) is 9.69. The number of nitrogens with two attached hydrogens (primary N) is 1. The van der Waals surface area contributed by atoms with Crippen LogP contribution in [0.25, 0.3) is 0 Å². The summed E-state index contributed by atoms with van der Waals surface area (Å²) in [7, 11) is 0. The molecule has 0 atom stereocenters. The van der Waals surface area contributed by atoms with E-state index in [0.717, 1.165) is 13.0 Å². The van der Waals surface area contributed by atoms with Crippen molar-refractivity contribution in [3.05, 3.63) is 4.88 Å². The van der Waals surface area contributed by atoms with E-state index in [1.54, 1.807) is 0 Å². The number of nitrogen functional groups attached to an aromatic ring is 1. The summed E-state index contributed by atoms with van der Waals surface area (Å²) >= 11 is 1.22. The van der Waals surface area contributed by atoms with Crippen LogP contribution < -0.4 is 11.1 Å². The quantitative estimate of drug-likeness (QED) is 0.752. The molecule has 15 heavy (non-hydrogen) atoms. The Balaban J connectivity index is 2.71. The summed E-state index contributed by atoms with van der Waals surface area (Å²) in [5.41, 5.74) is 5.60. The van der Waals surface area contributed by atoms with E-state index in [1.165, 1.54) is 11.3 Å². The van der Waals surface area contributed by atoms with Crippen LogP contribution in [0.1, 0.15) is 29.9 Å². The Bertz CT molecular complexity index is 338. The number of nitrogens with one attached hydrogen (secondary N) is 1. The zero-order valence-electron chi connectivity index (χ0n) is 8.87. The van der Waals surface area contributed by atoms with Gasteiger partial charge in [0.2, 0.25) is 0 Å². The molecule has 0 spiro atoms. The molecule has 3 N–H and O–H groups in total. The van der Waals surface area contributed by atoms with Gasteiger partial charge in [-0.3, -0.25) is 0 Å². The smallest absolute Gasteiger partial charge is 0.352 e. The fraction of sp³-hybridized carbons (Fsp3) is 0.556. The minimum absolute atomic E-state index is 0.233. The molecule has 0 unspecified atom stereocenters. The van der Waals surface area contributed by atoms with E-state index in [9.17, 15) is 4.79 Å². The molecule has 1 aromatic rings. The molecule has 0 radical (unpaired) electrons. The fourth-order valence-electron chi connectivity index (χ4n) is 0.965. The maximum atomic E-state index is 11.5.